The van der Waals surface area contributed by atoms with Crippen molar-refractivity contribution in [1.82, 2.24) is 10.3 Å². The third-order valence-corrected chi connectivity index (χ3v) is 16.5. The van der Waals surface area contributed by atoms with Gasteiger partial charge in [0.15, 0.2) is 23.0 Å². The molecule has 13 heteroatoms. The predicted octanol–water partition coefficient (Wildman–Crippen LogP) is 7.25. The first-order chi connectivity index (χ1) is 33.9. The summed E-state index contributed by atoms with van der Waals surface area (Å²) in [7, 11) is 1.54. The molecule has 9 rings (SSSR count). The Morgan fingerprint density at radius 1 is 0.943 bits per heavy atom. The largest absolute Gasteiger partial charge is 0.504 e. The number of aliphatic hydroxyl groups is 4. The van der Waals surface area contributed by atoms with Crippen molar-refractivity contribution in [2.75, 3.05) is 33.5 Å². The number of ketones is 1. The van der Waals surface area contributed by atoms with Crippen LogP contribution in [0.4, 0.5) is 0 Å². The Hall–Kier alpha value is -5.36. The highest BCUT2D eigenvalue weighted by molar-refractivity contribution is 5.94. The second kappa shape index (κ2) is 21.6. The highest BCUT2D eigenvalue weighted by Gasteiger charge is 2.60. The summed E-state index contributed by atoms with van der Waals surface area (Å²) in [5, 5.41) is 68.3. The van der Waals surface area contributed by atoms with Crippen LogP contribution in [0.2, 0.25) is 0 Å². The molecule has 1 aromatic heterocycles. The number of hydrogen-bond donors (Lipinski definition) is 8. The smallest absolute Gasteiger partial charge is 0.318 e. The summed E-state index contributed by atoms with van der Waals surface area (Å²) >= 11 is 0. The average Bonchev–Trinajstić information content (AvgIpc) is 3.85. The normalized spacial score (nSPS) is 29.2. The van der Waals surface area contributed by atoms with Gasteiger partial charge in [-0.05, 0) is 165 Å². The number of benzene rings is 3. The van der Waals surface area contributed by atoms with E-state index in [0.717, 1.165) is 76.5 Å². The number of carbonyl (C=O) groups excluding carboxylic acids is 2. The molecule has 70 heavy (non-hydrogen) atoms. The number of aromatic amines is 1. The highest BCUT2D eigenvalue weighted by Crippen LogP contribution is 2.67. The fourth-order valence-corrected chi connectivity index (χ4v) is 13.7. The van der Waals surface area contributed by atoms with Gasteiger partial charge in [0.25, 0.3) is 0 Å². The van der Waals surface area contributed by atoms with Gasteiger partial charge in [-0.15, -0.1) is 0 Å². The molecular weight excluding hydrogens is 889 g/mol. The second-order valence-corrected chi connectivity index (χ2v) is 20.9. The first-order valence-electron chi connectivity index (χ1n) is 25.5. The van der Waals surface area contributed by atoms with E-state index in [1.165, 1.54) is 13.2 Å². The first kappa shape index (κ1) is 49.6. The number of nitrogens with one attached hydrogen (secondary N) is 2. The zero-order valence-corrected chi connectivity index (χ0v) is 40.5. The number of hydrogen-bond acceptors (Lipinski definition) is 12. The van der Waals surface area contributed by atoms with E-state index in [9.17, 15) is 35.4 Å². The molecule has 4 aliphatic carbocycles. The van der Waals surface area contributed by atoms with Crippen molar-refractivity contribution in [2.24, 2.45) is 35.0 Å². The maximum absolute atomic E-state index is 15.1. The molecule has 3 saturated carbocycles. The number of aromatic nitrogens is 1. The number of allylic oxidation sites excluding steroid dienone is 1. The fraction of sp³-hybridized carbons (Fsp3) is 0.544. The van der Waals surface area contributed by atoms with Crippen molar-refractivity contribution in [3.05, 3.63) is 88.6 Å². The van der Waals surface area contributed by atoms with Crippen molar-refractivity contribution >= 4 is 28.2 Å². The number of Topliss-reactive ketones (excluding diaryl/α,β-unsaturated/α-hetero) is 1. The number of aromatic hydroxyl groups is 2. The number of methoxy groups -OCH3 is 1. The van der Waals surface area contributed by atoms with Gasteiger partial charge in [-0.1, -0.05) is 42.2 Å². The molecule has 3 aromatic carbocycles. The van der Waals surface area contributed by atoms with Crippen LogP contribution < -0.4 is 14.8 Å². The molecule has 8 N–H and O–H groups in total. The number of para-hydroxylation sites is 1. The molecule has 0 radical (unpaired) electrons. The van der Waals surface area contributed by atoms with E-state index in [2.05, 4.69) is 34.3 Å². The van der Waals surface area contributed by atoms with Gasteiger partial charge in [0.2, 0.25) is 0 Å². The number of aryl methyl sites for hydroxylation is 1. The fourth-order valence-electron chi connectivity index (χ4n) is 13.7. The summed E-state index contributed by atoms with van der Waals surface area (Å²) in [5.41, 5.74) is 6.04. The van der Waals surface area contributed by atoms with Gasteiger partial charge >= 0.3 is 5.97 Å². The van der Waals surface area contributed by atoms with Crippen molar-refractivity contribution < 1.29 is 54.4 Å². The molecule has 13 nitrogen and oxygen atoms in total. The molecule has 2 bridgehead atoms. The molecule has 1 aliphatic heterocycles. The van der Waals surface area contributed by atoms with Crippen molar-refractivity contribution in [1.29, 1.82) is 0 Å². The number of esters is 1. The third kappa shape index (κ3) is 10.4. The molecule has 2 heterocycles. The number of ether oxygens (including phenoxy) is 3. The van der Waals surface area contributed by atoms with Crippen LogP contribution in [0.15, 0.2) is 60.7 Å². The zero-order chi connectivity index (χ0) is 49.1. The summed E-state index contributed by atoms with van der Waals surface area (Å²) in [5.74, 6) is 6.38. The average molecular weight is 959 g/mol. The van der Waals surface area contributed by atoms with Crippen LogP contribution in [0.25, 0.3) is 16.5 Å². The molecule has 4 aromatic rings. The van der Waals surface area contributed by atoms with Crippen molar-refractivity contribution in [3.63, 3.8) is 0 Å². The standard InChI is InChI=1S/C57H70N2O11/c1-33(62)32-58-49-31-57(29-35(49)8-7-19-60)30-36-23-46-43-27-51(66)52(68-2)28-44(43)45(55(36)42-17-15-37(63)26-47(42)57)25-38(64)24-39(16-13-34-14-18-50(65)53(22-34)69-21-20-61)70-54(67)12-6-4-10-41-40-9-3-5-11-48(40)59-56(41)46/h3,5,9,11,14,18,22-23,27-28,33,35-37,39,42,45,47,49,55,58-63,65-66H,7-8,10,12-13,15-17,19-21,24-26,29-32H2,1-2H3/t33-,35-,36-,37+,39+,42+,45+,47+,49+,55-,57+/m0/s1. The van der Waals surface area contributed by atoms with Crippen molar-refractivity contribution in [3.8, 4) is 34.8 Å². The lowest BCUT2D eigenvalue weighted by molar-refractivity contribution is -0.149. The van der Waals surface area contributed by atoms with E-state index < -0.39 is 24.3 Å². The number of carbonyl (C=O) groups is 2. The Kier molecular flexibility index (Phi) is 15.3. The minimum Gasteiger partial charge on any atom is -0.504 e. The molecule has 11 atom stereocenters. The summed E-state index contributed by atoms with van der Waals surface area (Å²) < 4.78 is 17.6. The molecule has 3 fully saturated rings. The highest BCUT2D eigenvalue weighted by atomic mass is 16.5. The van der Waals surface area contributed by atoms with E-state index >= 15 is 4.79 Å². The van der Waals surface area contributed by atoms with Crippen LogP contribution in [0.3, 0.4) is 0 Å². The van der Waals surface area contributed by atoms with E-state index in [4.69, 9.17) is 14.2 Å². The summed E-state index contributed by atoms with van der Waals surface area (Å²) in [6.45, 7) is 2.16. The Bertz CT molecular complexity index is 2630. The number of phenols is 2. The van der Waals surface area contributed by atoms with Crippen LogP contribution in [-0.2, 0) is 27.2 Å². The van der Waals surface area contributed by atoms with Gasteiger partial charge in [0.05, 0.1) is 31.6 Å². The van der Waals surface area contributed by atoms with Crippen LogP contribution in [-0.4, -0.2) is 105 Å². The molecule has 0 amide bonds. The molecule has 0 saturated heterocycles. The molecule has 374 valence electrons. The molecule has 0 unspecified atom stereocenters. The quantitative estimate of drug-likeness (QED) is 0.0492. The first-order valence-corrected chi connectivity index (χ1v) is 25.5. The van der Waals surface area contributed by atoms with Gasteiger partial charge in [-0.2, -0.15) is 0 Å². The second-order valence-electron chi connectivity index (χ2n) is 20.9. The van der Waals surface area contributed by atoms with Gasteiger partial charge in [-0.25, -0.2) is 0 Å². The maximum atomic E-state index is 15.1. The Morgan fingerprint density at radius 2 is 1.77 bits per heavy atom. The van der Waals surface area contributed by atoms with E-state index in [1.54, 1.807) is 25.1 Å². The van der Waals surface area contributed by atoms with E-state index in [0.29, 0.717) is 50.8 Å². The molecular formula is C57H70N2O11. The number of fused-ring (bicyclic) bond motifs is 9. The minimum atomic E-state index is -0.776. The van der Waals surface area contributed by atoms with E-state index in [-0.39, 0.29) is 109 Å². The number of aliphatic hydroxyl groups excluding tert-OH is 4. The van der Waals surface area contributed by atoms with Gasteiger partial charge in [0, 0.05) is 54.9 Å². The van der Waals surface area contributed by atoms with Crippen LogP contribution in [0.1, 0.15) is 118 Å². The molecule has 5 aliphatic rings. The van der Waals surface area contributed by atoms with E-state index in [1.807, 2.05) is 24.3 Å². The lowest BCUT2D eigenvalue weighted by atomic mass is 9.47. The zero-order valence-electron chi connectivity index (χ0n) is 40.5. The lowest BCUT2D eigenvalue weighted by Gasteiger charge is -2.57. The number of rotatable bonds is 13. The monoisotopic (exact) mass is 958 g/mol. The lowest BCUT2D eigenvalue weighted by Crippen LogP contribution is -2.51. The topological polar surface area (TPSA) is 211 Å². The summed E-state index contributed by atoms with van der Waals surface area (Å²) in [6, 6.07) is 17.0. The summed E-state index contributed by atoms with van der Waals surface area (Å²) in [4.78, 5) is 32.5. The predicted molar refractivity (Wildman–Crippen MR) is 265 cm³/mol. The van der Waals surface area contributed by atoms with Gasteiger partial charge in [0.1, 0.15) is 24.9 Å². The van der Waals surface area contributed by atoms with Crippen LogP contribution >= 0.6 is 0 Å². The number of phenolic OH excluding ortho intramolecular Hbond substituents is 2. The van der Waals surface area contributed by atoms with Crippen LogP contribution in [0.5, 0.6) is 23.0 Å². The number of cyclic esters (lactones) is 1. The SMILES string of the molecule is COc1cc2c(cc1O)C1=C[C@H]3C[C@@]4(C[C@H](CCCO)[C@H](NC[C@H](C)O)C4)[C@@H]4C[C@H](O)CC[C@H]4[C@H]3[C@@H]2CC(=O)C[C@@H](CCc2ccc(O)c(OCCO)c2)OC(=O)CC#CCc2c1[nH]c1ccccc21. The van der Waals surface area contributed by atoms with Gasteiger partial charge < -0.3 is 55.2 Å². The van der Waals surface area contributed by atoms with Crippen LogP contribution in [0, 0.1) is 46.8 Å². The van der Waals surface area contributed by atoms with Crippen molar-refractivity contribution in [2.45, 2.75) is 127 Å². The summed E-state index contributed by atoms with van der Waals surface area (Å²) in [6.07, 6.45) is 7.92. The number of H-pyrrole nitrogens is 1. The Morgan fingerprint density at radius 3 is 2.57 bits per heavy atom. The minimum absolute atomic E-state index is 0.00948. The van der Waals surface area contributed by atoms with Gasteiger partial charge in [-0.3, -0.25) is 9.59 Å². The molecule has 1 spiro atoms. The maximum Gasteiger partial charge on any atom is 0.318 e. The third-order valence-electron chi connectivity index (χ3n) is 16.5. The Labute approximate surface area is 410 Å². The Balaban J connectivity index is 1.19.